The number of esters is 1. The van der Waals surface area contributed by atoms with Crippen molar-refractivity contribution < 1.29 is 17.9 Å². The number of sulfonamides is 1. The summed E-state index contributed by atoms with van der Waals surface area (Å²) in [6.45, 7) is 1.95. The SMILES string of the molecule is CCOC(=O)CC1(S(=O)(=O)Nc2ccc3scnc3c2)CC1. The van der Waals surface area contributed by atoms with Crippen LogP contribution in [0.4, 0.5) is 5.69 Å². The van der Waals surface area contributed by atoms with Crippen molar-refractivity contribution in [3.05, 3.63) is 23.7 Å². The van der Waals surface area contributed by atoms with Crippen LogP contribution in [0.1, 0.15) is 26.2 Å². The number of nitrogens with zero attached hydrogens (tertiary/aromatic N) is 1. The maximum absolute atomic E-state index is 12.6. The van der Waals surface area contributed by atoms with E-state index in [4.69, 9.17) is 4.74 Å². The second kappa shape index (κ2) is 5.51. The molecule has 0 atom stereocenters. The topological polar surface area (TPSA) is 85.4 Å². The molecular formula is C14H16N2O4S2. The minimum absolute atomic E-state index is 0.102. The molecule has 1 aliphatic rings. The van der Waals surface area contributed by atoms with E-state index in [0.717, 1.165) is 10.2 Å². The predicted molar refractivity (Wildman–Crippen MR) is 85.4 cm³/mol. The molecule has 0 radical (unpaired) electrons. The number of hydrogen-bond donors (Lipinski definition) is 1. The zero-order valence-corrected chi connectivity index (χ0v) is 13.7. The Balaban J connectivity index is 1.79. The van der Waals surface area contributed by atoms with Crippen molar-refractivity contribution in [2.75, 3.05) is 11.3 Å². The van der Waals surface area contributed by atoms with Crippen LogP contribution in [0.5, 0.6) is 0 Å². The number of ether oxygens (including phenoxy) is 1. The number of thiazole rings is 1. The highest BCUT2D eigenvalue weighted by Crippen LogP contribution is 2.47. The molecule has 2 aromatic rings. The van der Waals surface area contributed by atoms with Crippen LogP contribution in [0, 0.1) is 0 Å². The Labute approximate surface area is 132 Å². The summed E-state index contributed by atoms with van der Waals surface area (Å²) in [7, 11) is -3.64. The first-order chi connectivity index (χ1) is 10.5. The summed E-state index contributed by atoms with van der Waals surface area (Å²) in [5.74, 6) is -0.472. The van der Waals surface area contributed by atoms with Crippen molar-refractivity contribution in [2.45, 2.75) is 30.9 Å². The third kappa shape index (κ3) is 2.80. The molecule has 3 rings (SSSR count). The van der Waals surface area contributed by atoms with Crippen LogP contribution in [-0.4, -0.2) is 30.7 Å². The number of rotatable bonds is 6. The van der Waals surface area contributed by atoms with Gasteiger partial charge in [-0.2, -0.15) is 0 Å². The lowest BCUT2D eigenvalue weighted by Gasteiger charge is -2.17. The molecular weight excluding hydrogens is 324 g/mol. The van der Waals surface area contributed by atoms with Crippen LogP contribution in [0.25, 0.3) is 10.2 Å². The first-order valence-electron chi connectivity index (χ1n) is 6.97. The molecule has 118 valence electrons. The molecule has 0 bridgehead atoms. The highest BCUT2D eigenvalue weighted by Gasteiger charge is 2.56. The Morgan fingerprint density at radius 2 is 2.23 bits per heavy atom. The molecule has 1 saturated carbocycles. The summed E-state index contributed by atoms with van der Waals surface area (Å²) in [5, 5.41) is 0. The molecule has 0 saturated heterocycles. The lowest BCUT2D eigenvalue weighted by Crippen LogP contribution is -2.32. The lowest BCUT2D eigenvalue weighted by molar-refractivity contribution is -0.143. The van der Waals surface area contributed by atoms with Gasteiger partial charge in [0.2, 0.25) is 10.0 Å². The number of hydrogen-bond acceptors (Lipinski definition) is 6. The van der Waals surface area contributed by atoms with Crippen LogP contribution in [0.3, 0.4) is 0 Å². The number of nitrogens with one attached hydrogen (secondary N) is 1. The van der Waals surface area contributed by atoms with Crippen LogP contribution in [0.2, 0.25) is 0 Å². The molecule has 0 aliphatic heterocycles. The molecule has 0 spiro atoms. The van der Waals surface area contributed by atoms with Crippen molar-refractivity contribution in [2.24, 2.45) is 0 Å². The molecule has 0 unspecified atom stereocenters. The molecule has 0 amide bonds. The Morgan fingerprint density at radius 1 is 1.45 bits per heavy atom. The van der Waals surface area contributed by atoms with Gasteiger partial charge in [-0.15, -0.1) is 11.3 Å². The van der Waals surface area contributed by atoms with Gasteiger partial charge in [0.15, 0.2) is 0 Å². The van der Waals surface area contributed by atoms with Gasteiger partial charge >= 0.3 is 5.97 Å². The second-order valence-electron chi connectivity index (χ2n) is 5.31. The minimum atomic E-state index is -3.64. The lowest BCUT2D eigenvalue weighted by atomic mass is 10.3. The van der Waals surface area contributed by atoms with Crippen molar-refractivity contribution in [3.8, 4) is 0 Å². The Kier molecular flexibility index (Phi) is 3.82. The average molecular weight is 340 g/mol. The smallest absolute Gasteiger partial charge is 0.307 e. The Hall–Kier alpha value is -1.67. The summed E-state index contributed by atoms with van der Waals surface area (Å²) >= 11 is 1.50. The number of benzene rings is 1. The molecule has 1 aliphatic carbocycles. The number of carbonyl (C=O) groups is 1. The van der Waals surface area contributed by atoms with Gasteiger partial charge in [0.1, 0.15) is 4.75 Å². The minimum Gasteiger partial charge on any atom is -0.466 e. The summed E-state index contributed by atoms with van der Waals surface area (Å²) < 4.78 is 32.5. The first-order valence-corrected chi connectivity index (χ1v) is 9.33. The van der Waals surface area contributed by atoms with Crippen molar-refractivity contribution in [1.82, 2.24) is 4.98 Å². The van der Waals surface area contributed by atoms with Crippen LogP contribution >= 0.6 is 11.3 Å². The van der Waals surface area contributed by atoms with Gasteiger partial charge in [-0.25, -0.2) is 13.4 Å². The van der Waals surface area contributed by atoms with E-state index in [1.165, 1.54) is 11.3 Å². The van der Waals surface area contributed by atoms with Gasteiger partial charge in [0.25, 0.3) is 0 Å². The van der Waals surface area contributed by atoms with Gasteiger partial charge in [0.05, 0.1) is 34.4 Å². The number of anilines is 1. The zero-order chi connectivity index (χ0) is 15.8. The predicted octanol–water partition coefficient (Wildman–Crippen LogP) is 2.52. The molecule has 1 aromatic carbocycles. The molecule has 1 heterocycles. The largest absolute Gasteiger partial charge is 0.466 e. The summed E-state index contributed by atoms with van der Waals surface area (Å²) in [6, 6.07) is 5.23. The second-order valence-corrected chi connectivity index (χ2v) is 8.27. The van der Waals surface area contributed by atoms with Gasteiger partial charge in [-0.1, -0.05) is 0 Å². The highest BCUT2D eigenvalue weighted by atomic mass is 32.2. The van der Waals surface area contributed by atoms with Gasteiger partial charge in [-0.05, 0) is 38.0 Å². The third-order valence-corrected chi connectivity index (χ3v) is 6.74. The van der Waals surface area contributed by atoms with Crippen LogP contribution in [0.15, 0.2) is 23.7 Å². The number of carbonyl (C=O) groups excluding carboxylic acids is 1. The first kappa shape index (κ1) is 15.2. The molecule has 1 N–H and O–H groups in total. The summed E-state index contributed by atoms with van der Waals surface area (Å²) in [6.07, 6.45) is 0.843. The molecule has 1 aromatic heterocycles. The fourth-order valence-electron chi connectivity index (χ4n) is 2.34. The van der Waals surface area contributed by atoms with E-state index in [1.54, 1.807) is 24.6 Å². The normalized spacial score (nSPS) is 16.4. The number of fused-ring (bicyclic) bond motifs is 1. The van der Waals surface area contributed by atoms with Crippen molar-refractivity contribution in [3.63, 3.8) is 0 Å². The van der Waals surface area contributed by atoms with E-state index in [2.05, 4.69) is 9.71 Å². The molecule has 1 fully saturated rings. The van der Waals surface area contributed by atoms with Gasteiger partial charge < -0.3 is 4.74 Å². The fraction of sp³-hybridized carbons (Fsp3) is 0.429. The molecule has 8 heteroatoms. The average Bonchev–Trinajstić information content (AvgIpc) is 3.09. The maximum atomic E-state index is 12.6. The quantitative estimate of drug-likeness (QED) is 0.817. The zero-order valence-electron chi connectivity index (χ0n) is 12.0. The Morgan fingerprint density at radius 3 is 2.91 bits per heavy atom. The fourth-order valence-corrected chi connectivity index (χ4v) is 4.60. The van der Waals surface area contributed by atoms with Gasteiger partial charge in [-0.3, -0.25) is 9.52 Å². The standard InChI is InChI=1S/C14H16N2O4S2/c1-2-20-13(17)8-14(5-6-14)22(18,19)16-10-3-4-12-11(7-10)15-9-21-12/h3-4,7,9,16H,2,5-6,8H2,1H3. The summed E-state index contributed by atoms with van der Waals surface area (Å²) in [4.78, 5) is 15.8. The number of aromatic nitrogens is 1. The molecule has 6 nitrogen and oxygen atoms in total. The maximum Gasteiger partial charge on any atom is 0.307 e. The summed E-state index contributed by atoms with van der Waals surface area (Å²) in [5.41, 5.74) is 2.93. The monoisotopic (exact) mass is 340 g/mol. The van der Waals surface area contributed by atoms with Crippen LogP contribution < -0.4 is 4.72 Å². The van der Waals surface area contributed by atoms with Crippen LogP contribution in [-0.2, 0) is 19.6 Å². The Bertz CT molecular complexity index is 809. The highest BCUT2D eigenvalue weighted by molar-refractivity contribution is 7.94. The molecule has 22 heavy (non-hydrogen) atoms. The van der Waals surface area contributed by atoms with Gasteiger partial charge in [0, 0.05) is 0 Å². The van der Waals surface area contributed by atoms with E-state index in [9.17, 15) is 13.2 Å². The van der Waals surface area contributed by atoms with E-state index >= 15 is 0 Å². The van der Waals surface area contributed by atoms with Crippen molar-refractivity contribution in [1.29, 1.82) is 0 Å². The van der Waals surface area contributed by atoms with E-state index in [1.807, 2.05) is 6.07 Å². The third-order valence-electron chi connectivity index (χ3n) is 3.73. The van der Waals surface area contributed by atoms with E-state index in [0.29, 0.717) is 18.5 Å². The van der Waals surface area contributed by atoms with E-state index in [-0.39, 0.29) is 13.0 Å². The van der Waals surface area contributed by atoms with Crippen molar-refractivity contribution >= 4 is 43.2 Å². The van der Waals surface area contributed by atoms with E-state index < -0.39 is 20.7 Å².